The smallest absolute Gasteiger partial charge is 0.319 e. The van der Waals surface area contributed by atoms with Gasteiger partial charge in [0.1, 0.15) is 11.3 Å². The molecule has 0 aliphatic rings. The van der Waals surface area contributed by atoms with Crippen LogP contribution in [0.3, 0.4) is 0 Å². The van der Waals surface area contributed by atoms with Gasteiger partial charge in [-0.25, -0.2) is 4.98 Å². The van der Waals surface area contributed by atoms with E-state index >= 15 is 0 Å². The van der Waals surface area contributed by atoms with Crippen LogP contribution in [-0.2, 0) is 0 Å². The maximum absolute atomic E-state index is 12.5. The number of ether oxygens (including phenoxy) is 2. The molecule has 1 aromatic carbocycles. The van der Waals surface area contributed by atoms with E-state index in [-0.39, 0.29) is 28.8 Å². The van der Waals surface area contributed by atoms with Crippen LogP contribution in [0.4, 0.5) is 5.69 Å². The standard InChI is InChI=1S/C18H17N3O5/c1-3-24-17-12(10-19-18(21-17)25-4-2)20-16(23)15-9-13(22)11-7-5-6-8-14(11)26-15/h5-10H,3-4H2,1-2H3,(H,20,23). The van der Waals surface area contributed by atoms with E-state index in [4.69, 9.17) is 13.9 Å². The lowest BCUT2D eigenvalue weighted by molar-refractivity contribution is 0.0996. The van der Waals surface area contributed by atoms with Crippen molar-refractivity contribution < 1.29 is 18.7 Å². The number of aromatic nitrogens is 2. The van der Waals surface area contributed by atoms with Crippen LogP contribution < -0.4 is 20.2 Å². The molecule has 0 atom stereocenters. The third-order valence-electron chi connectivity index (χ3n) is 3.39. The Morgan fingerprint density at radius 1 is 1.19 bits per heavy atom. The van der Waals surface area contributed by atoms with Gasteiger partial charge in [0.25, 0.3) is 5.91 Å². The zero-order valence-corrected chi connectivity index (χ0v) is 14.3. The fourth-order valence-corrected chi connectivity index (χ4v) is 2.28. The molecule has 8 nitrogen and oxygen atoms in total. The van der Waals surface area contributed by atoms with Gasteiger partial charge in [0.2, 0.25) is 5.88 Å². The molecule has 2 aromatic heterocycles. The Morgan fingerprint density at radius 3 is 2.73 bits per heavy atom. The Kier molecular flexibility index (Phi) is 5.12. The molecule has 0 aliphatic heterocycles. The summed E-state index contributed by atoms with van der Waals surface area (Å²) >= 11 is 0. The van der Waals surface area contributed by atoms with Crippen LogP contribution in [0.25, 0.3) is 11.0 Å². The maximum atomic E-state index is 12.5. The first-order chi connectivity index (χ1) is 12.6. The van der Waals surface area contributed by atoms with Crippen molar-refractivity contribution in [2.24, 2.45) is 0 Å². The number of para-hydroxylation sites is 1. The summed E-state index contributed by atoms with van der Waals surface area (Å²) in [6.07, 6.45) is 1.38. The van der Waals surface area contributed by atoms with E-state index in [2.05, 4.69) is 15.3 Å². The summed E-state index contributed by atoms with van der Waals surface area (Å²) in [5, 5.41) is 3.00. The minimum atomic E-state index is -0.610. The highest BCUT2D eigenvalue weighted by Gasteiger charge is 2.16. The van der Waals surface area contributed by atoms with E-state index < -0.39 is 5.91 Å². The van der Waals surface area contributed by atoms with Crippen LogP contribution in [-0.4, -0.2) is 29.1 Å². The largest absolute Gasteiger partial charge is 0.476 e. The lowest BCUT2D eigenvalue weighted by Crippen LogP contribution is -2.16. The number of nitrogens with zero attached hydrogens (tertiary/aromatic N) is 2. The quantitative estimate of drug-likeness (QED) is 0.725. The van der Waals surface area contributed by atoms with Crippen LogP contribution in [0.2, 0.25) is 0 Å². The molecule has 0 radical (unpaired) electrons. The van der Waals surface area contributed by atoms with Crippen molar-refractivity contribution >= 4 is 22.6 Å². The molecule has 3 aromatic rings. The Balaban J connectivity index is 1.91. The van der Waals surface area contributed by atoms with Crippen molar-refractivity contribution in [3.05, 3.63) is 52.5 Å². The fourth-order valence-electron chi connectivity index (χ4n) is 2.28. The summed E-state index contributed by atoms with van der Waals surface area (Å²) in [5.74, 6) is -0.561. The van der Waals surface area contributed by atoms with Crippen molar-refractivity contribution in [2.75, 3.05) is 18.5 Å². The molecule has 0 saturated heterocycles. The number of amides is 1. The van der Waals surface area contributed by atoms with E-state index in [0.717, 1.165) is 6.07 Å². The predicted molar refractivity (Wildman–Crippen MR) is 94.8 cm³/mol. The van der Waals surface area contributed by atoms with Crippen molar-refractivity contribution in [1.82, 2.24) is 9.97 Å². The second kappa shape index (κ2) is 7.64. The lowest BCUT2D eigenvalue weighted by Gasteiger charge is -2.11. The van der Waals surface area contributed by atoms with Crippen molar-refractivity contribution in [3.8, 4) is 11.9 Å². The summed E-state index contributed by atoms with van der Waals surface area (Å²) < 4.78 is 16.2. The highest BCUT2D eigenvalue weighted by molar-refractivity contribution is 6.03. The molecule has 3 rings (SSSR count). The maximum Gasteiger partial charge on any atom is 0.319 e. The highest BCUT2D eigenvalue weighted by Crippen LogP contribution is 2.24. The molecule has 0 saturated carbocycles. The van der Waals surface area contributed by atoms with E-state index in [1.165, 1.54) is 6.20 Å². The number of hydrogen-bond acceptors (Lipinski definition) is 7. The molecule has 2 heterocycles. The van der Waals surface area contributed by atoms with Gasteiger partial charge in [-0.3, -0.25) is 9.59 Å². The van der Waals surface area contributed by atoms with Crippen molar-refractivity contribution in [1.29, 1.82) is 0 Å². The third kappa shape index (κ3) is 3.64. The summed E-state index contributed by atoms with van der Waals surface area (Å²) in [7, 11) is 0. The first kappa shape index (κ1) is 17.4. The third-order valence-corrected chi connectivity index (χ3v) is 3.39. The van der Waals surface area contributed by atoms with Crippen LogP contribution in [0.5, 0.6) is 11.9 Å². The molecule has 8 heteroatoms. The first-order valence-corrected chi connectivity index (χ1v) is 8.09. The number of fused-ring (bicyclic) bond motifs is 1. The average molecular weight is 355 g/mol. The Labute approximate surface area is 148 Å². The van der Waals surface area contributed by atoms with Gasteiger partial charge in [0.15, 0.2) is 11.2 Å². The summed E-state index contributed by atoms with van der Waals surface area (Å²) in [4.78, 5) is 32.7. The van der Waals surface area contributed by atoms with E-state index in [1.54, 1.807) is 38.1 Å². The molecule has 0 aliphatic carbocycles. The second-order valence-electron chi connectivity index (χ2n) is 5.16. The highest BCUT2D eigenvalue weighted by atomic mass is 16.5. The fraction of sp³-hybridized carbons (Fsp3) is 0.222. The molecule has 0 spiro atoms. The Bertz CT molecular complexity index is 1000. The number of anilines is 1. The van der Waals surface area contributed by atoms with Crippen LogP contribution in [0.1, 0.15) is 24.4 Å². The van der Waals surface area contributed by atoms with Crippen LogP contribution >= 0.6 is 0 Å². The molecule has 0 fully saturated rings. The minimum Gasteiger partial charge on any atom is -0.476 e. The van der Waals surface area contributed by atoms with E-state index in [9.17, 15) is 9.59 Å². The number of nitrogens with one attached hydrogen (secondary N) is 1. The summed E-state index contributed by atoms with van der Waals surface area (Å²) in [5.41, 5.74) is 0.277. The normalized spacial score (nSPS) is 10.5. The Morgan fingerprint density at radius 2 is 1.96 bits per heavy atom. The van der Waals surface area contributed by atoms with Gasteiger partial charge in [-0.05, 0) is 26.0 Å². The molecular weight excluding hydrogens is 338 g/mol. The van der Waals surface area contributed by atoms with Gasteiger partial charge in [-0.2, -0.15) is 4.98 Å². The minimum absolute atomic E-state index is 0.120. The topological polar surface area (TPSA) is 104 Å². The van der Waals surface area contributed by atoms with E-state index in [0.29, 0.717) is 24.2 Å². The second-order valence-corrected chi connectivity index (χ2v) is 5.16. The molecule has 0 bridgehead atoms. The summed E-state index contributed by atoms with van der Waals surface area (Å²) in [6, 6.07) is 8.00. The number of carbonyl (C=O) groups excluding carboxylic acids is 1. The van der Waals surface area contributed by atoms with E-state index in [1.807, 2.05) is 0 Å². The number of hydrogen-bond donors (Lipinski definition) is 1. The van der Waals surface area contributed by atoms with Crippen molar-refractivity contribution in [2.45, 2.75) is 13.8 Å². The monoisotopic (exact) mass is 355 g/mol. The van der Waals surface area contributed by atoms with Gasteiger partial charge in [0.05, 0.1) is 24.8 Å². The zero-order chi connectivity index (χ0) is 18.5. The summed E-state index contributed by atoms with van der Waals surface area (Å²) in [6.45, 7) is 4.34. The molecule has 1 N–H and O–H groups in total. The van der Waals surface area contributed by atoms with Gasteiger partial charge in [-0.15, -0.1) is 0 Å². The zero-order valence-electron chi connectivity index (χ0n) is 14.3. The molecule has 0 unspecified atom stereocenters. The lowest BCUT2D eigenvalue weighted by atomic mass is 10.2. The number of carbonyl (C=O) groups is 1. The first-order valence-electron chi connectivity index (χ1n) is 8.09. The van der Waals surface area contributed by atoms with Crippen molar-refractivity contribution in [3.63, 3.8) is 0 Å². The van der Waals surface area contributed by atoms with Gasteiger partial charge in [0, 0.05) is 6.07 Å². The van der Waals surface area contributed by atoms with Gasteiger partial charge >= 0.3 is 6.01 Å². The van der Waals surface area contributed by atoms with Gasteiger partial charge < -0.3 is 19.2 Å². The number of benzene rings is 1. The molecule has 26 heavy (non-hydrogen) atoms. The Hall–Kier alpha value is -3.42. The average Bonchev–Trinajstić information content (AvgIpc) is 2.64. The van der Waals surface area contributed by atoms with Gasteiger partial charge in [-0.1, -0.05) is 12.1 Å². The van der Waals surface area contributed by atoms with Crippen LogP contribution in [0, 0.1) is 0 Å². The molecule has 134 valence electrons. The molecular formula is C18H17N3O5. The number of rotatable bonds is 6. The predicted octanol–water partition coefficient (Wildman–Crippen LogP) is 2.63. The SMILES string of the molecule is CCOc1ncc(NC(=O)c2cc(=O)c3ccccc3o2)c(OCC)n1. The van der Waals surface area contributed by atoms with Crippen LogP contribution in [0.15, 0.2) is 45.7 Å². The molecule has 1 amide bonds.